The van der Waals surface area contributed by atoms with E-state index in [9.17, 15) is 9.00 Å². The van der Waals surface area contributed by atoms with E-state index in [2.05, 4.69) is 31.5 Å². The lowest BCUT2D eigenvalue weighted by Gasteiger charge is -2.29. The van der Waals surface area contributed by atoms with Crippen molar-refractivity contribution < 1.29 is 9.00 Å². The summed E-state index contributed by atoms with van der Waals surface area (Å²) >= 11 is 3.27. The fourth-order valence-corrected chi connectivity index (χ4v) is 4.26. The van der Waals surface area contributed by atoms with Gasteiger partial charge in [-0.2, -0.15) is 0 Å². The Morgan fingerprint density at radius 2 is 2.29 bits per heavy atom. The van der Waals surface area contributed by atoms with Crippen LogP contribution in [0.1, 0.15) is 32.6 Å². The minimum absolute atomic E-state index is 0.0893. The molecule has 0 aromatic carbocycles. The highest BCUT2D eigenvalue weighted by molar-refractivity contribution is 9.10. The maximum Gasteiger partial charge on any atom is 0.320 e. The molecule has 1 saturated carbocycles. The van der Waals surface area contributed by atoms with Gasteiger partial charge >= 0.3 is 6.03 Å². The van der Waals surface area contributed by atoms with Gasteiger partial charge in [-0.1, -0.05) is 19.4 Å². The average Bonchev–Trinajstić information content (AvgIpc) is 2.46. The minimum atomic E-state index is -0.780. The van der Waals surface area contributed by atoms with E-state index in [-0.39, 0.29) is 17.3 Å². The van der Waals surface area contributed by atoms with Gasteiger partial charge in [0.05, 0.1) is 0 Å². The summed E-state index contributed by atoms with van der Waals surface area (Å²) in [5.74, 6) is 1.19. The van der Waals surface area contributed by atoms with E-state index >= 15 is 0 Å². The van der Waals surface area contributed by atoms with Crippen molar-refractivity contribution >= 4 is 38.6 Å². The number of anilines is 1. The maximum atomic E-state index is 12.0. The fraction of sp³-hybridized carbons (Fsp3) is 0.571. The first-order valence-corrected chi connectivity index (χ1v) is 9.33. The van der Waals surface area contributed by atoms with Gasteiger partial charge in [-0.15, -0.1) is 0 Å². The highest BCUT2D eigenvalue weighted by atomic mass is 79.9. The molecule has 5 nitrogen and oxygen atoms in total. The number of pyridine rings is 1. The number of carbonyl (C=O) groups excluding carboxylic acids is 1. The van der Waals surface area contributed by atoms with E-state index < -0.39 is 10.8 Å². The van der Waals surface area contributed by atoms with Crippen LogP contribution in [-0.4, -0.2) is 32.3 Å². The SMILES string of the molecule is CC[S@@](=O)[C@@H]1CCC[C@H](NC(=O)Nc2cccc(Br)n2)C1. The second-order valence-electron chi connectivity index (χ2n) is 5.10. The molecule has 1 fully saturated rings. The van der Waals surface area contributed by atoms with Crippen molar-refractivity contribution in [3.63, 3.8) is 0 Å². The van der Waals surface area contributed by atoms with Crippen molar-refractivity contribution in [1.82, 2.24) is 10.3 Å². The number of rotatable bonds is 4. The van der Waals surface area contributed by atoms with Gasteiger partial charge in [0.1, 0.15) is 10.4 Å². The summed E-state index contributed by atoms with van der Waals surface area (Å²) in [6, 6.07) is 5.18. The van der Waals surface area contributed by atoms with Crippen molar-refractivity contribution in [3.05, 3.63) is 22.8 Å². The zero-order chi connectivity index (χ0) is 15.2. The first-order valence-electron chi connectivity index (χ1n) is 7.15. The molecule has 3 atom stereocenters. The number of amides is 2. The molecule has 1 aliphatic carbocycles. The Hall–Kier alpha value is -0.950. The van der Waals surface area contributed by atoms with Crippen LogP contribution in [0.3, 0.4) is 0 Å². The molecule has 21 heavy (non-hydrogen) atoms. The maximum absolute atomic E-state index is 12.0. The topological polar surface area (TPSA) is 71.1 Å². The quantitative estimate of drug-likeness (QED) is 0.796. The number of aromatic nitrogens is 1. The standard InChI is InChI=1S/C14H20BrN3O2S/c1-2-21(20)11-6-3-5-10(9-11)16-14(19)18-13-8-4-7-12(15)17-13/h4,7-8,10-11H,2-3,5-6,9H2,1H3,(H2,16,17,18,19)/t10-,11+,21+/m0/s1. The largest absolute Gasteiger partial charge is 0.335 e. The number of halogens is 1. The molecule has 116 valence electrons. The lowest BCUT2D eigenvalue weighted by atomic mass is 9.95. The lowest BCUT2D eigenvalue weighted by Crippen LogP contribution is -2.43. The molecule has 1 heterocycles. The normalized spacial score (nSPS) is 23.3. The number of hydrogen-bond donors (Lipinski definition) is 2. The van der Waals surface area contributed by atoms with Gasteiger partial charge in [0.15, 0.2) is 0 Å². The second-order valence-corrected chi connectivity index (χ2v) is 7.92. The van der Waals surface area contributed by atoms with E-state index in [0.717, 1.165) is 25.7 Å². The smallest absolute Gasteiger partial charge is 0.320 e. The second kappa shape index (κ2) is 7.89. The average molecular weight is 374 g/mol. The van der Waals surface area contributed by atoms with Crippen LogP contribution >= 0.6 is 15.9 Å². The van der Waals surface area contributed by atoms with Gasteiger partial charge < -0.3 is 5.32 Å². The molecule has 1 aromatic rings. The molecule has 0 spiro atoms. The summed E-state index contributed by atoms with van der Waals surface area (Å²) in [5.41, 5.74) is 0. The highest BCUT2D eigenvalue weighted by Gasteiger charge is 2.26. The van der Waals surface area contributed by atoms with Crippen LogP contribution in [0.25, 0.3) is 0 Å². The van der Waals surface area contributed by atoms with Crippen LogP contribution in [0.15, 0.2) is 22.8 Å². The number of urea groups is 1. The van der Waals surface area contributed by atoms with E-state index in [1.54, 1.807) is 12.1 Å². The monoisotopic (exact) mass is 373 g/mol. The van der Waals surface area contributed by atoms with Gasteiger partial charge in [0.2, 0.25) is 0 Å². The number of nitrogens with one attached hydrogen (secondary N) is 2. The molecule has 0 aliphatic heterocycles. The zero-order valence-corrected chi connectivity index (χ0v) is 14.4. The molecule has 2 amide bonds. The Bertz CT molecular complexity index is 527. The van der Waals surface area contributed by atoms with Crippen molar-refractivity contribution in [2.75, 3.05) is 11.1 Å². The van der Waals surface area contributed by atoms with Crippen LogP contribution in [-0.2, 0) is 10.8 Å². The van der Waals surface area contributed by atoms with Crippen LogP contribution < -0.4 is 10.6 Å². The van der Waals surface area contributed by atoms with Crippen molar-refractivity contribution in [3.8, 4) is 0 Å². The Morgan fingerprint density at radius 3 is 3.00 bits per heavy atom. The van der Waals surface area contributed by atoms with Crippen LogP contribution in [0, 0.1) is 0 Å². The van der Waals surface area contributed by atoms with E-state index in [1.807, 2.05) is 13.0 Å². The van der Waals surface area contributed by atoms with Crippen molar-refractivity contribution in [2.24, 2.45) is 0 Å². The summed E-state index contributed by atoms with van der Waals surface area (Å²) in [4.78, 5) is 16.1. The molecule has 0 unspecified atom stereocenters. The number of nitrogens with zero attached hydrogens (tertiary/aromatic N) is 1. The van der Waals surface area contributed by atoms with Crippen LogP contribution in [0.4, 0.5) is 10.6 Å². The van der Waals surface area contributed by atoms with Gasteiger partial charge in [-0.3, -0.25) is 9.53 Å². The summed E-state index contributed by atoms with van der Waals surface area (Å²) in [7, 11) is -0.780. The van der Waals surface area contributed by atoms with Gasteiger partial charge in [0.25, 0.3) is 0 Å². The molecule has 0 radical (unpaired) electrons. The molecule has 0 saturated heterocycles. The lowest BCUT2D eigenvalue weighted by molar-refractivity contribution is 0.244. The van der Waals surface area contributed by atoms with E-state index in [1.165, 1.54) is 0 Å². The van der Waals surface area contributed by atoms with Crippen molar-refractivity contribution in [2.45, 2.75) is 43.9 Å². The minimum Gasteiger partial charge on any atom is -0.335 e. The van der Waals surface area contributed by atoms with Gasteiger partial charge in [-0.05, 0) is 47.3 Å². The Labute approximate surface area is 135 Å². The molecule has 1 aromatic heterocycles. The highest BCUT2D eigenvalue weighted by Crippen LogP contribution is 2.23. The molecular formula is C14H20BrN3O2S. The Morgan fingerprint density at radius 1 is 1.48 bits per heavy atom. The first-order chi connectivity index (χ1) is 10.1. The predicted octanol–water partition coefficient (Wildman–Crippen LogP) is 3.05. The molecule has 2 rings (SSSR count). The van der Waals surface area contributed by atoms with Crippen LogP contribution in [0.2, 0.25) is 0 Å². The van der Waals surface area contributed by atoms with Gasteiger partial charge in [0, 0.05) is 27.8 Å². The Balaban J connectivity index is 1.86. The molecular weight excluding hydrogens is 354 g/mol. The van der Waals surface area contributed by atoms with E-state index in [0.29, 0.717) is 16.2 Å². The molecule has 2 N–H and O–H groups in total. The number of hydrogen-bond acceptors (Lipinski definition) is 3. The zero-order valence-electron chi connectivity index (χ0n) is 12.0. The van der Waals surface area contributed by atoms with Crippen molar-refractivity contribution in [1.29, 1.82) is 0 Å². The third-order valence-electron chi connectivity index (χ3n) is 3.57. The molecule has 0 bridgehead atoms. The molecule has 7 heteroatoms. The predicted molar refractivity (Wildman–Crippen MR) is 88.8 cm³/mol. The fourth-order valence-electron chi connectivity index (χ4n) is 2.57. The van der Waals surface area contributed by atoms with E-state index in [4.69, 9.17) is 0 Å². The third kappa shape index (κ3) is 5.07. The molecule has 1 aliphatic rings. The summed E-state index contributed by atoms with van der Waals surface area (Å²) < 4.78 is 12.6. The third-order valence-corrected chi connectivity index (χ3v) is 5.76. The first kappa shape index (κ1) is 16.4. The summed E-state index contributed by atoms with van der Waals surface area (Å²) in [6.07, 6.45) is 3.74. The summed E-state index contributed by atoms with van der Waals surface area (Å²) in [5, 5.41) is 5.88. The van der Waals surface area contributed by atoms with Crippen LogP contribution in [0.5, 0.6) is 0 Å². The van der Waals surface area contributed by atoms with Gasteiger partial charge in [-0.25, -0.2) is 9.78 Å². The Kier molecular flexibility index (Phi) is 6.17. The summed E-state index contributed by atoms with van der Waals surface area (Å²) in [6.45, 7) is 1.94. The number of carbonyl (C=O) groups is 1.